The summed E-state index contributed by atoms with van der Waals surface area (Å²) < 4.78 is 27.6. The zero-order chi connectivity index (χ0) is 13.6. The number of halogens is 2. The van der Waals surface area contributed by atoms with Gasteiger partial charge in [0, 0.05) is 11.1 Å². The summed E-state index contributed by atoms with van der Waals surface area (Å²) in [4.78, 5) is 0.0736. The summed E-state index contributed by atoms with van der Waals surface area (Å²) >= 11 is 11.8. The van der Waals surface area contributed by atoms with Crippen LogP contribution >= 0.6 is 23.2 Å². The maximum absolute atomic E-state index is 12.4. The Bertz CT molecular complexity index is 603. The largest absolute Gasteiger partial charge is 0.242 e. The third-order valence-corrected chi connectivity index (χ3v) is 6.43. The quantitative estimate of drug-likeness (QED) is 0.927. The molecule has 3 atom stereocenters. The molecule has 1 N–H and O–H groups in total. The van der Waals surface area contributed by atoms with Gasteiger partial charge in [-0.2, -0.15) is 0 Å². The van der Waals surface area contributed by atoms with Gasteiger partial charge in [-0.1, -0.05) is 29.6 Å². The van der Waals surface area contributed by atoms with Crippen LogP contribution in [0.2, 0.25) is 10.0 Å². The van der Waals surface area contributed by atoms with E-state index in [1.165, 1.54) is 18.6 Å². The molecule has 0 amide bonds. The van der Waals surface area contributed by atoms with Crippen molar-refractivity contribution in [2.24, 2.45) is 11.8 Å². The van der Waals surface area contributed by atoms with E-state index < -0.39 is 10.0 Å². The van der Waals surface area contributed by atoms with Crippen molar-refractivity contribution >= 4 is 33.2 Å². The first-order valence-electron chi connectivity index (χ1n) is 6.43. The molecule has 0 saturated heterocycles. The fourth-order valence-electron chi connectivity index (χ4n) is 3.33. The first-order chi connectivity index (χ1) is 8.95. The number of sulfonamides is 1. The Morgan fingerprint density at radius 3 is 2.58 bits per heavy atom. The van der Waals surface area contributed by atoms with E-state index in [2.05, 4.69) is 4.72 Å². The summed E-state index contributed by atoms with van der Waals surface area (Å²) in [5, 5.41) is 0.581. The van der Waals surface area contributed by atoms with Crippen molar-refractivity contribution in [2.45, 2.75) is 36.6 Å². The second-order valence-corrected chi connectivity index (χ2v) is 8.00. The minimum absolute atomic E-state index is 0.0544. The van der Waals surface area contributed by atoms with E-state index >= 15 is 0 Å². The smallest absolute Gasteiger partial charge is 0.208 e. The topological polar surface area (TPSA) is 46.2 Å². The highest BCUT2D eigenvalue weighted by atomic mass is 35.5. The van der Waals surface area contributed by atoms with Gasteiger partial charge in [-0.05, 0) is 49.3 Å². The molecule has 104 valence electrons. The highest BCUT2D eigenvalue weighted by Gasteiger charge is 2.41. The average molecular weight is 320 g/mol. The van der Waals surface area contributed by atoms with Crippen LogP contribution in [0.1, 0.15) is 25.7 Å². The standard InChI is InChI=1S/C13H15Cl2NO2S/c14-10-3-4-11(15)13(7-10)19(17,18)16-12-6-8-1-2-9(12)5-8/h3-4,7-9,12,16H,1-2,5-6H2/t8-,9-,12+/m1/s1. The lowest BCUT2D eigenvalue weighted by Gasteiger charge is -2.23. The van der Waals surface area contributed by atoms with Gasteiger partial charge >= 0.3 is 0 Å². The van der Waals surface area contributed by atoms with E-state index in [1.54, 1.807) is 6.07 Å². The van der Waals surface area contributed by atoms with E-state index in [0.29, 0.717) is 16.9 Å². The molecule has 19 heavy (non-hydrogen) atoms. The Kier molecular flexibility index (Phi) is 3.54. The van der Waals surface area contributed by atoms with Gasteiger partial charge in [-0.3, -0.25) is 0 Å². The second kappa shape index (κ2) is 4.92. The number of benzene rings is 1. The Hall–Kier alpha value is -0.290. The number of hydrogen-bond donors (Lipinski definition) is 1. The normalized spacial score (nSPS) is 29.9. The molecule has 2 aliphatic carbocycles. The molecule has 0 spiro atoms. The highest BCUT2D eigenvalue weighted by Crippen LogP contribution is 2.45. The van der Waals surface area contributed by atoms with Crippen LogP contribution in [0.5, 0.6) is 0 Å². The van der Waals surface area contributed by atoms with Gasteiger partial charge in [0.05, 0.1) is 5.02 Å². The molecule has 3 rings (SSSR count). The lowest BCUT2D eigenvalue weighted by Crippen LogP contribution is -2.38. The van der Waals surface area contributed by atoms with Crippen LogP contribution in [-0.4, -0.2) is 14.5 Å². The van der Waals surface area contributed by atoms with E-state index in [9.17, 15) is 8.42 Å². The van der Waals surface area contributed by atoms with Gasteiger partial charge in [0.2, 0.25) is 10.0 Å². The minimum atomic E-state index is -3.59. The van der Waals surface area contributed by atoms with Crippen LogP contribution < -0.4 is 4.72 Å². The van der Waals surface area contributed by atoms with E-state index in [1.807, 2.05) is 0 Å². The molecule has 2 saturated carbocycles. The first-order valence-corrected chi connectivity index (χ1v) is 8.67. The summed E-state index contributed by atoms with van der Waals surface area (Å²) in [5.74, 6) is 1.17. The first kappa shape index (κ1) is 13.7. The van der Waals surface area contributed by atoms with E-state index in [0.717, 1.165) is 19.3 Å². The second-order valence-electron chi connectivity index (χ2n) is 5.48. The number of nitrogens with one attached hydrogen (secondary N) is 1. The number of hydrogen-bond acceptors (Lipinski definition) is 2. The van der Waals surface area contributed by atoms with Crippen LogP contribution in [-0.2, 0) is 10.0 Å². The molecular formula is C13H15Cl2NO2S. The SMILES string of the molecule is O=S(=O)(N[C@H]1C[C@@H]2CC[C@@H]1C2)c1cc(Cl)ccc1Cl. The predicted octanol–water partition coefficient (Wildman–Crippen LogP) is 3.46. The number of rotatable bonds is 3. The maximum atomic E-state index is 12.4. The minimum Gasteiger partial charge on any atom is -0.208 e. The fraction of sp³-hybridized carbons (Fsp3) is 0.538. The molecule has 6 heteroatoms. The molecule has 0 heterocycles. The number of fused-ring (bicyclic) bond motifs is 2. The Morgan fingerprint density at radius 2 is 1.95 bits per heavy atom. The molecule has 2 fully saturated rings. The van der Waals surface area contributed by atoms with E-state index in [4.69, 9.17) is 23.2 Å². The molecule has 0 aromatic heterocycles. The van der Waals surface area contributed by atoms with Gasteiger partial charge < -0.3 is 0 Å². The van der Waals surface area contributed by atoms with Crippen molar-refractivity contribution in [3.63, 3.8) is 0 Å². The summed E-state index contributed by atoms with van der Waals surface area (Å²) in [6, 6.07) is 4.55. The average Bonchev–Trinajstić information content (AvgIpc) is 2.93. The summed E-state index contributed by atoms with van der Waals surface area (Å²) in [6.07, 6.45) is 4.46. The molecule has 1 aromatic carbocycles. The molecule has 2 aliphatic rings. The molecule has 0 unspecified atom stereocenters. The molecular weight excluding hydrogens is 305 g/mol. The molecule has 0 aliphatic heterocycles. The Morgan fingerprint density at radius 1 is 1.16 bits per heavy atom. The van der Waals surface area contributed by atoms with Gasteiger partial charge in [0.1, 0.15) is 4.90 Å². The predicted molar refractivity (Wildman–Crippen MR) is 76.0 cm³/mol. The molecule has 1 aromatic rings. The van der Waals surface area contributed by atoms with Crippen molar-refractivity contribution in [3.05, 3.63) is 28.2 Å². The highest BCUT2D eigenvalue weighted by molar-refractivity contribution is 7.89. The van der Waals surface area contributed by atoms with Gasteiger partial charge in [0.15, 0.2) is 0 Å². The molecule has 0 radical (unpaired) electrons. The van der Waals surface area contributed by atoms with Gasteiger partial charge in [0.25, 0.3) is 0 Å². The van der Waals surface area contributed by atoms with Crippen LogP contribution in [0, 0.1) is 11.8 Å². The zero-order valence-electron chi connectivity index (χ0n) is 10.3. The van der Waals surface area contributed by atoms with Crippen molar-refractivity contribution in [2.75, 3.05) is 0 Å². The van der Waals surface area contributed by atoms with Crippen LogP contribution in [0.4, 0.5) is 0 Å². The summed E-state index contributed by atoms with van der Waals surface area (Å²) in [7, 11) is -3.59. The lowest BCUT2D eigenvalue weighted by atomic mass is 9.96. The lowest BCUT2D eigenvalue weighted by molar-refractivity contribution is 0.390. The monoisotopic (exact) mass is 319 g/mol. The Balaban J connectivity index is 1.85. The van der Waals surface area contributed by atoms with Crippen molar-refractivity contribution < 1.29 is 8.42 Å². The van der Waals surface area contributed by atoms with Crippen LogP contribution in [0.15, 0.2) is 23.1 Å². The van der Waals surface area contributed by atoms with Crippen molar-refractivity contribution in [1.82, 2.24) is 4.72 Å². The maximum Gasteiger partial charge on any atom is 0.242 e. The van der Waals surface area contributed by atoms with Gasteiger partial charge in [-0.25, -0.2) is 13.1 Å². The molecule has 2 bridgehead atoms. The van der Waals surface area contributed by atoms with Crippen molar-refractivity contribution in [3.8, 4) is 0 Å². The third-order valence-electron chi connectivity index (χ3n) is 4.23. The van der Waals surface area contributed by atoms with Gasteiger partial charge in [-0.15, -0.1) is 0 Å². The van der Waals surface area contributed by atoms with Crippen molar-refractivity contribution in [1.29, 1.82) is 0 Å². The third kappa shape index (κ3) is 2.64. The summed E-state index contributed by atoms with van der Waals surface area (Å²) in [6.45, 7) is 0. The van der Waals surface area contributed by atoms with E-state index in [-0.39, 0.29) is 16.0 Å². The zero-order valence-corrected chi connectivity index (χ0v) is 12.6. The fourth-order valence-corrected chi connectivity index (χ4v) is 5.42. The molecule has 3 nitrogen and oxygen atoms in total. The Labute approximate surface area is 123 Å². The van der Waals surface area contributed by atoms with Crippen LogP contribution in [0.25, 0.3) is 0 Å². The summed E-state index contributed by atoms with van der Waals surface area (Å²) in [5.41, 5.74) is 0. The van der Waals surface area contributed by atoms with Crippen LogP contribution in [0.3, 0.4) is 0 Å².